The van der Waals surface area contributed by atoms with Gasteiger partial charge in [-0.2, -0.15) is 0 Å². The van der Waals surface area contributed by atoms with Crippen LogP contribution < -0.4 is 0 Å². The number of rotatable bonds is 2. The fourth-order valence-electron chi connectivity index (χ4n) is 14.5. The molecule has 16 heteroatoms. The summed E-state index contributed by atoms with van der Waals surface area (Å²) in [5, 5.41) is 110. The summed E-state index contributed by atoms with van der Waals surface area (Å²) in [5.41, 5.74) is 20.6. The van der Waals surface area contributed by atoms with Crippen molar-refractivity contribution in [1.29, 1.82) is 0 Å². The van der Waals surface area contributed by atoms with Crippen molar-refractivity contribution in [2.45, 2.75) is 261 Å². The Labute approximate surface area is 711 Å². The summed E-state index contributed by atoms with van der Waals surface area (Å²) in [4.78, 5) is 0. The number of hydrogen-bond donors (Lipinski definition) is 8. The van der Waals surface area contributed by atoms with Crippen molar-refractivity contribution in [3.63, 3.8) is 0 Å². The zero-order chi connectivity index (χ0) is 85.9. The van der Waals surface area contributed by atoms with E-state index >= 15 is 0 Å². The van der Waals surface area contributed by atoms with Crippen molar-refractivity contribution in [2.75, 3.05) is 0 Å². The Bertz CT molecular complexity index is 4360. The Morgan fingerprint density at radius 3 is 0.414 bits per heavy atom. The standard InChI is InChI=1S/2C44H56O4.2C6H5N3.2W/c2*1-41(2,3)33-17-25-13-27-19-34(42(4,5)6)21-29(38(27)46)15-31-23-36(44(10,11)12)24-32(40(31)48)16-30-22-35(43(7,8)9)20-28(39(30)47)14-26(18-33)37(25)45;2*7-9-8-6-4-2-1-3-5-6;;/h2*17-24,45-48H,13-16H2,1-12H3;2*1-5H;;/q;;2*+1;;. The summed E-state index contributed by atoms with van der Waals surface area (Å²) in [6, 6.07) is 52.0. The topological polar surface area (TPSA) is 220 Å². The molecule has 0 unspecified atom stereocenters. The van der Waals surface area contributed by atoms with Gasteiger partial charge in [0.25, 0.3) is 0 Å². The molecule has 0 aromatic heterocycles. The van der Waals surface area contributed by atoms with Crippen LogP contribution in [0.3, 0.4) is 0 Å². The molecule has 10 aromatic rings. The van der Waals surface area contributed by atoms with Gasteiger partial charge in [0.05, 0.1) is 0 Å². The molecule has 0 heterocycles. The third kappa shape index (κ3) is 22.7. The van der Waals surface area contributed by atoms with E-state index in [-0.39, 0.29) is 89.3 Å². The molecule has 10 aromatic carbocycles. The molecule has 0 amide bonds. The monoisotopic (exact) mass is 1900 g/mol. The molecule has 12 rings (SSSR count). The van der Waals surface area contributed by atoms with Crippen LogP contribution in [-0.2, 0) is 134 Å². The Hall–Kier alpha value is -9.40. The number of benzene rings is 10. The van der Waals surface area contributed by atoms with Gasteiger partial charge in [-0.3, -0.25) is 0 Å². The minimum absolute atomic E-state index is 0.190. The molecule has 8 N–H and O–H groups in total. The summed E-state index contributed by atoms with van der Waals surface area (Å²) in [6.45, 7) is 51.9. The van der Waals surface area contributed by atoms with Gasteiger partial charge < -0.3 is 40.9 Å². The fraction of sp³-hybridized carbons (Fsp3) is 0.400. The number of phenols is 8. The van der Waals surface area contributed by atoms with Crippen LogP contribution in [0.5, 0.6) is 46.0 Å². The van der Waals surface area contributed by atoms with Crippen LogP contribution in [0.15, 0.2) is 178 Å². The van der Waals surface area contributed by atoms with E-state index < -0.39 is 0 Å². The van der Waals surface area contributed by atoms with E-state index in [0.717, 1.165) is 184 Å². The number of phenolic OH excluding ortho intramolecular Hbond substituents is 8. The second-order valence-electron chi connectivity index (χ2n) is 39.8. The maximum atomic E-state index is 11.9. The second-order valence-corrected chi connectivity index (χ2v) is 40.9. The molecule has 0 aliphatic heterocycles. The van der Waals surface area contributed by atoms with Crippen LogP contribution in [0, 0.1) is 0 Å². The first kappa shape index (κ1) is 90.5. The molecular weight excluding hydrogens is 1780 g/mol. The van der Waals surface area contributed by atoms with Crippen molar-refractivity contribution in [2.24, 2.45) is 20.7 Å². The SMILES string of the molecule is CC(C)(C)c1cc2c(O)c(c1)Cc1cc(C(C)(C)C)cc(c1O)Cc1cc(C(C)(C)C)cc(c1O)Cc1cc(C(C)(C)C)cc(c1O)C2.CC(C)(C)c1cc2c(O)c(c1)Cc1cc(C(C)(C)C)cc(c1O)Cc1cc(C(C)(C)C)cc(c1O)Cc1cc(C(C)(C)C)cc(c1O)C2.[W]#[N+]N=Nc1ccccc1.[W]#[N+]N=Nc1ccccc1. The van der Waals surface area contributed by atoms with Crippen molar-refractivity contribution in [1.82, 2.24) is 0 Å². The van der Waals surface area contributed by atoms with Gasteiger partial charge in [0.2, 0.25) is 0 Å². The van der Waals surface area contributed by atoms with Crippen LogP contribution >= 0.6 is 0 Å². The van der Waals surface area contributed by atoms with Crippen LogP contribution in [-0.4, -0.2) is 40.9 Å². The van der Waals surface area contributed by atoms with E-state index in [2.05, 4.69) is 291 Å². The molecule has 0 fully saturated rings. The number of nitrogens with zero attached hydrogens (tertiary/aromatic N) is 6. The predicted molar refractivity (Wildman–Crippen MR) is 466 cm³/mol. The van der Waals surface area contributed by atoms with Gasteiger partial charge in [-0.1, -0.05) is 263 Å². The Morgan fingerprint density at radius 1 is 0.207 bits per heavy atom. The second kappa shape index (κ2) is 35.4. The average molecular weight is 1900 g/mol. The molecular formula is C100H122N6O8W2+2. The van der Waals surface area contributed by atoms with Crippen LogP contribution in [0.2, 0.25) is 0 Å². The minimum atomic E-state index is -0.190. The van der Waals surface area contributed by atoms with Gasteiger partial charge in [-0.25, -0.2) is 0 Å². The van der Waals surface area contributed by atoms with Crippen molar-refractivity contribution < 1.29 is 79.7 Å². The zero-order valence-corrected chi connectivity index (χ0v) is 78.6. The van der Waals surface area contributed by atoms with E-state index in [9.17, 15) is 40.9 Å². The molecule has 116 heavy (non-hydrogen) atoms. The van der Waals surface area contributed by atoms with E-state index in [1.165, 1.54) is 0 Å². The summed E-state index contributed by atoms with van der Waals surface area (Å²) in [5.74, 6) is 1.53. The van der Waals surface area contributed by atoms with Gasteiger partial charge in [0.1, 0.15) is 46.0 Å². The third-order valence-electron chi connectivity index (χ3n) is 22.0. The molecule has 2 aliphatic carbocycles. The first-order valence-corrected chi connectivity index (χ1v) is 42.7. The van der Waals surface area contributed by atoms with E-state index in [1.54, 1.807) is 0 Å². The summed E-state index contributed by atoms with van der Waals surface area (Å²) >= 11 is 2.13. The number of aromatic hydroxyl groups is 8. The van der Waals surface area contributed by atoms with Gasteiger partial charge in [-0.05, 0) is 177 Å². The van der Waals surface area contributed by atoms with Crippen LogP contribution in [0.4, 0.5) is 11.4 Å². The maximum absolute atomic E-state index is 11.9. The van der Waals surface area contributed by atoms with E-state index in [0.29, 0.717) is 51.4 Å². The fourth-order valence-corrected chi connectivity index (χ4v) is 14.7. The molecule has 16 bridgehead atoms. The van der Waals surface area contributed by atoms with Crippen molar-refractivity contribution >= 4 is 11.4 Å². The molecule has 14 nitrogen and oxygen atoms in total. The summed E-state index contributed by atoms with van der Waals surface area (Å²) < 4.78 is 7.15. The summed E-state index contributed by atoms with van der Waals surface area (Å²) in [6.07, 6.45) is 2.70. The van der Waals surface area contributed by atoms with Gasteiger partial charge in [0, 0.05) is 51.4 Å². The third-order valence-corrected chi connectivity index (χ3v) is 22.5. The molecule has 0 radical (unpaired) electrons. The molecule has 0 saturated carbocycles. The molecule has 0 atom stereocenters. The normalized spacial score (nSPS) is 13.4. The molecule has 2 aliphatic rings. The van der Waals surface area contributed by atoms with Crippen molar-refractivity contribution in [3.8, 4) is 46.0 Å². The Morgan fingerprint density at radius 2 is 0.319 bits per heavy atom. The van der Waals surface area contributed by atoms with Crippen molar-refractivity contribution in [3.05, 3.63) is 298 Å². The van der Waals surface area contributed by atoms with E-state index in [1.807, 2.05) is 60.7 Å². The molecule has 0 saturated heterocycles. The number of hydrogen-bond acceptors (Lipinski definition) is 12. The van der Waals surface area contributed by atoms with Crippen LogP contribution in [0.1, 0.15) is 300 Å². The van der Waals surface area contributed by atoms with Gasteiger partial charge in [-0.15, -0.1) is 0 Å². The van der Waals surface area contributed by atoms with Gasteiger partial charge >= 0.3 is 138 Å². The Kier molecular flexibility index (Phi) is 27.6. The predicted octanol–water partition coefficient (Wildman–Crippen LogP) is 25.8. The van der Waals surface area contributed by atoms with E-state index in [4.69, 9.17) is 0 Å². The zero-order valence-electron chi connectivity index (χ0n) is 72.7. The summed E-state index contributed by atoms with van der Waals surface area (Å²) in [7, 11) is 0. The quantitative estimate of drug-likeness (QED) is 0.0613. The Balaban J connectivity index is 0.000000213. The molecule has 0 spiro atoms. The van der Waals surface area contributed by atoms with Crippen LogP contribution in [0.25, 0.3) is 6.84 Å². The first-order chi connectivity index (χ1) is 53.7. The molecule has 610 valence electrons. The van der Waals surface area contributed by atoms with Gasteiger partial charge in [0.15, 0.2) is 0 Å². The first-order valence-electron chi connectivity index (χ1n) is 40.1. The number of fused-ring (bicyclic) bond motifs is 16. The average Bonchev–Trinajstić information content (AvgIpc) is 0.768.